The predicted octanol–water partition coefficient (Wildman–Crippen LogP) is 3.03. The van der Waals surface area contributed by atoms with Gasteiger partial charge in [-0.05, 0) is 51.4 Å². The molecule has 10 heavy (non-hydrogen) atoms. The Morgan fingerprint density at radius 2 is 1.30 bits per heavy atom. The molecule has 0 aromatic heterocycles. The molecule has 0 aliphatic carbocycles. The first-order valence-corrected chi connectivity index (χ1v) is 3.60. The van der Waals surface area contributed by atoms with Crippen LogP contribution in [-0.4, -0.2) is 0 Å². The van der Waals surface area contributed by atoms with Crippen LogP contribution in [0.15, 0.2) is 0 Å². The first kappa shape index (κ1) is 10.0. The van der Waals surface area contributed by atoms with Crippen LogP contribution in [0.1, 0.15) is 26.7 Å². The van der Waals surface area contributed by atoms with E-state index in [2.05, 4.69) is 26.7 Å². The van der Waals surface area contributed by atoms with E-state index in [0.717, 1.165) is 24.7 Å². The third kappa shape index (κ3) is 8.00. The molecular weight excluding hydrogens is 120 g/mol. The molecule has 0 aromatic carbocycles. The van der Waals surface area contributed by atoms with Gasteiger partial charge in [0.25, 0.3) is 0 Å². The number of unbranched alkanes of at least 4 members (excludes halogenated alkanes) is 1. The number of hydrogen-bond acceptors (Lipinski definition) is 0. The first-order valence-electron chi connectivity index (χ1n) is 3.60. The van der Waals surface area contributed by atoms with E-state index in [1.807, 2.05) is 13.8 Å². The van der Waals surface area contributed by atoms with Gasteiger partial charge in [0.05, 0.1) is 0 Å². The van der Waals surface area contributed by atoms with Crippen molar-refractivity contribution in [3.05, 3.63) is 38.5 Å². The molecule has 0 rings (SSSR count). The Balaban J connectivity index is 2.91. The van der Waals surface area contributed by atoms with Crippen LogP contribution >= 0.6 is 0 Å². The second kappa shape index (κ2) is 5.76. The quantitative estimate of drug-likeness (QED) is 0.510. The van der Waals surface area contributed by atoms with Crippen LogP contribution in [0.25, 0.3) is 0 Å². The average Bonchev–Trinajstić information content (AvgIpc) is 1.79. The minimum Gasteiger partial charge on any atom is -0.0588 e. The smallest absolute Gasteiger partial charge is 0.0238 e. The molecule has 0 amide bonds. The minimum absolute atomic E-state index is 1.09. The maximum Gasteiger partial charge on any atom is -0.0238 e. The van der Waals surface area contributed by atoms with Crippen molar-refractivity contribution in [3.63, 3.8) is 0 Å². The average molecular weight is 136 g/mol. The molecule has 0 aliphatic heterocycles. The van der Waals surface area contributed by atoms with Crippen LogP contribution in [0.5, 0.6) is 0 Å². The summed E-state index contributed by atoms with van der Waals surface area (Å²) in [7, 11) is 0. The summed E-state index contributed by atoms with van der Waals surface area (Å²) in [6.07, 6.45) is 6.45. The zero-order valence-electron chi connectivity index (χ0n) is 6.98. The van der Waals surface area contributed by atoms with Gasteiger partial charge >= 0.3 is 0 Å². The lowest BCUT2D eigenvalue weighted by Gasteiger charge is -2.04. The molecule has 6 radical (unpaired) electrons. The molecule has 0 atom stereocenters. The lowest BCUT2D eigenvalue weighted by Crippen LogP contribution is -1.90. The highest BCUT2D eigenvalue weighted by atomic mass is 14.0. The van der Waals surface area contributed by atoms with Gasteiger partial charge in [0.2, 0.25) is 0 Å². The van der Waals surface area contributed by atoms with Crippen molar-refractivity contribution in [2.24, 2.45) is 0 Å². The number of rotatable bonds is 5. The Kier molecular flexibility index (Phi) is 5.76. The molecular formula is C10H16. The van der Waals surface area contributed by atoms with Gasteiger partial charge in [-0.25, -0.2) is 0 Å². The summed E-state index contributed by atoms with van der Waals surface area (Å²) in [6.45, 7) is 11.6. The Labute approximate surface area is 66.0 Å². The first-order chi connectivity index (χ1) is 4.63. The molecule has 56 valence electrons. The van der Waals surface area contributed by atoms with E-state index in [-0.39, 0.29) is 0 Å². The van der Waals surface area contributed by atoms with Crippen LogP contribution < -0.4 is 0 Å². The summed E-state index contributed by atoms with van der Waals surface area (Å²) in [4.78, 5) is 0. The Morgan fingerprint density at radius 3 is 1.50 bits per heavy atom. The van der Waals surface area contributed by atoms with E-state index in [0.29, 0.717) is 0 Å². The van der Waals surface area contributed by atoms with E-state index in [1.165, 1.54) is 0 Å². The van der Waals surface area contributed by atoms with Gasteiger partial charge < -0.3 is 0 Å². The highest BCUT2D eigenvalue weighted by molar-refractivity contribution is 5.06. The molecule has 0 spiro atoms. The van der Waals surface area contributed by atoms with E-state index in [9.17, 15) is 0 Å². The van der Waals surface area contributed by atoms with Crippen LogP contribution in [0.2, 0.25) is 0 Å². The van der Waals surface area contributed by atoms with E-state index in [4.69, 9.17) is 0 Å². The van der Waals surface area contributed by atoms with Crippen molar-refractivity contribution in [2.75, 3.05) is 0 Å². The minimum atomic E-state index is 1.09. The van der Waals surface area contributed by atoms with Gasteiger partial charge in [-0.15, -0.1) is 0 Å². The van der Waals surface area contributed by atoms with Crippen LogP contribution in [0.3, 0.4) is 0 Å². The van der Waals surface area contributed by atoms with Crippen molar-refractivity contribution in [2.45, 2.75) is 26.7 Å². The summed E-state index contributed by atoms with van der Waals surface area (Å²) in [6, 6.07) is 0. The van der Waals surface area contributed by atoms with Crippen molar-refractivity contribution < 1.29 is 0 Å². The summed E-state index contributed by atoms with van der Waals surface area (Å²) in [5.41, 5.74) is 0. The second-order valence-electron chi connectivity index (χ2n) is 2.68. The monoisotopic (exact) mass is 136 g/mol. The van der Waals surface area contributed by atoms with E-state index in [1.54, 1.807) is 0 Å². The largest absolute Gasteiger partial charge is 0.0588 e. The molecule has 0 fully saturated rings. The molecule has 0 saturated heterocycles. The fourth-order valence-corrected chi connectivity index (χ4v) is 0.659. The molecule has 0 aliphatic rings. The van der Waals surface area contributed by atoms with Crippen molar-refractivity contribution in [1.82, 2.24) is 0 Å². The third-order valence-corrected chi connectivity index (χ3v) is 1.15. The Hall–Kier alpha value is 0. The van der Waals surface area contributed by atoms with Crippen molar-refractivity contribution in [3.8, 4) is 0 Å². The molecule has 0 nitrogen and oxygen atoms in total. The second-order valence-corrected chi connectivity index (χ2v) is 2.68. The van der Waals surface area contributed by atoms with Crippen LogP contribution in [0.4, 0.5) is 0 Å². The van der Waals surface area contributed by atoms with Gasteiger partial charge in [-0.3, -0.25) is 0 Å². The summed E-state index contributed by atoms with van der Waals surface area (Å²) < 4.78 is 0. The van der Waals surface area contributed by atoms with Crippen molar-refractivity contribution >= 4 is 0 Å². The topological polar surface area (TPSA) is 0 Å². The zero-order valence-corrected chi connectivity index (χ0v) is 6.98. The van der Waals surface area contributed by atoms with Crippen LogP contribution in [-0.2, 0) is 0 Å². The SMILES string of the molecule is [CH2][C](C)[CH]CC[CH][C]([CH2])C. The zero-order chi connectivity index (χ0) is 7.98. The Morgan fingerprint density at radius 1 is 1.00 bits per heavy atom. The maximum atomic E-state index is 3.78. The molecule has 0 aromatic rings. The molecule has 0 bridgehead atoms. The maximum absolute atomic E-state index is 3.78. The predicted molar refractivity (Wildman–Crippen MR) is 46.4 cm³/mol. The lowest BCUT2D eigenvalue weighted by atomic mass is 10.0. The highest BCUT2D eigenvalue weighted by Gasteiger charge is 1.97. The lowest BCUT2D eigenvalue weighted by molar-refractivity contribution is 0.881. The van der Waals surface area contributed by atoms with Gasteiger partial charge in [0, 0.05) is 0 Å². The summed E-state index contributed by atoms with van der Waals surface area (Å²) in [5.74, 6) is 2.30. The summed E-state index contributed by atoms with van der Waals surface area (Å²) >= 11 is 0. The molecule has 0 unspecified atom stereocenters. The highest BCUT2D eigenvalue weighted by Crippen LogP contribution is 2.11. The molecule has 0 saturated carbocycles. The Bertz CT molecular complexity index is 52.4. The standard InChI is InChI=1S/C10H16/c1-9(2)7-5-6-8-10(3)4/h7-8H,1,3,5-6H2,2,4H3. The molecule has 0 heteroatoms. The van der Waals surface area contributed by atoms with Crippen molar-refractivity contribution in [1.29, 1.82) is 0 Å². The van der Waals surface area contributed by atoms with Gasteiger partial charge in [-0.1, -0.05) is 13.8 Å². The normalized spacial score (nSPS) is 11.4. The summed E-state index contributed by atoms with van der Waals surface area (Å²) in [5, 5.41) is 0. The van der Waals surface area contributed by atoms with Crippen LogP contribution in [0, 0.1) is 38.5 Å². The molecule has 0 heterocycles. The molecule has 0 N–H and O–H groups in total. The fourth-order valence-electron chi connectivity index (χ4n) is 0.659. The van der Waals surface area contributed by atoms with Gasteiger partial charge in [0.15, 0.2) is 0 Å². The fraction of sp³-hybridized carbons (Fsp3) is 0.400. The van der Waals surface area contributed by atoms with Gasteiger partial charge in [0.1, 0.15) is 0 Å². The number of hydrogen-bond donors (Lipinski definition) is 0. The van der Waals surface area contributed by atoms with Gasteiger partial charge in [-0.2, -0.15) is 0 Å². The third-order valence-electron chi connectivity index (χ3n) is 1.15. The van der Waals surface area contributed by atoms with E-state index >= 15 is 0 Å². The van der Waals surface area contributed by atoms with E-state index < -0.39 is 0 Å².